The maximum absolute atomic E-state index is 10.8. The SMILES string of the molecule is Cc1ccc(-c2cc(CN(C)CC(C)C(=O)O)on2)cc1. The zero-order chi connectivity index (χ0) is 15.4. The molecule has 0 bridgehead atoms. The van der Waals surface area contributed by atoms with Crippen LogP contribution in [0.25, 0.3) is 11.3 Å². The highest BCUT2D eigenvalue weighted by Gasteiger charge is 2.15. The molecular formula is C16H20N2O3. The van der Waals surface area contributed by atoms with Crippen LogP contribution in [-0.2, 0) is 11.3 Å². The second-order valence-corrected chi connectivity index (χ2v) is 5.48. The van der Waals surface area contributed by atoms with Gasteiger partial charge in [-0.25, -0.2) is 0 Å². The van der Waals surface area contributed by atoms with Crippen molar-refractivity contribution in [3.05, 3.63) is 41.7 Å². The summed E-state index contributed by atoms with van der Waals surface area (Å²) in [7, 11) is 1.87. The van der Waals surface area contributed by atoms with E-state index < -0.39 is 11.9 Å². The minimum atomic E-state index is -0.792. The summed E-state index contributed by atoms with van der Waals surface area (Å²) in [6.45, 7) is 4.74. The van der Waals surface area contributed by atoms with Gasteiger partial charge in [0.2, 0.25) is 0 Å². The minimum absolute atomic E-state index is 0.408. The van der Waals surface area contributed by atoms with Crippen LogP contribution in [0.5, 0.6) is 0 Å². The van der Waals surface area contributed by atoms with Gasteiger partial charge in [0.05, 0.1) is 12.5 Å². The molecule has 2 rings (SSSR count). The van der Waals surface area contributed by atoms with Crippen molar-refractivity contribution >= 4 is 5.97 Å². The molecule has 1 atom stereocenters. The van der Waals surface area contributed by atoms with Gasteiger partial charge >= 0.3 is 5.97 Å². The fourth-order valence-corrected chi connectivity index (χ4v) is 2.12. The monoisotopic (exact) mass is 288 g/mol. The van der Waals surface area contributed by atoms with E-state index in [0.717, 1.165) is 17.0 Å². The molecule has 1 heterocycles. The van der Waals surface area contributed by atoms with Crippen LogP contribution >= 0.6 is 0 Å². The molecule has 1 aromatic heterocycles. The molecule has 1 unspecified atom stereocenters. The van der Waals surface area contributed by atoms with Crippen molar-refractivity contribution in [2.24, 2.45) is 5.92 Å². The highest BCUT2D eigenvalue weighted by molar-refractivity contribution is 5.69. The molecular weight excluding hydrogens is 268 g/mol. The summed E-state index contributed by atoms with van der Waals surface area (Å²) in [5, 5.41) is 13.0. The van der Waals surface area contributed by atoms with Crippen LogP contribution in [0.15, 0.2) is 34.9 Å². The Morgan fingerprint density at radius 1 is 1.38 bits per heavy atom. The van der Waals surface area contributed by atoms with Crippen LogP contribution in [-0.4, -0.2) is 34.7 Å². The Kier molecular flexibility index (Phi) is 4.75. The Labute approximate surface area is 124 Å². The summed E-state index contributed by atoms with van der Waals surface area (Å²) in [6, 6.07) is 9.97. The van der Waals surface area contributed by atoms with Crippen LogP contribution in [0.4, 0.5) is 0 Å². The van der Waals surface area contributed by atoms with Gasteiger partial charge in [0, 0.05) is 18.2 Å². The summed E-state index contributed by atoms with van der Waals surface area (Å²) in [5.41, 5.74) is 3.01. The first-order chi connectivity index (χ1) is 9.95. The van der Waals surface area contributed by atoms with Crippen LogP contribution in [0.1, 0.15) is 18.2 Å². The molecule has 0 amide bonds. The molecule has 2 aromatic rings. The molecule has 1 aromatic carbocycles. The molecule has 0 aliphatic rings. The van der Waals surface area contributed by atoms with E-state index >= 15 is 0 Å². The second-order valence-electron chi connectivity index (χ2n) is 5.48. The van der Waals surface area contributed by atoms with Crippen molar-refractivity contribution in [3.8, 4) is 11.3 Å². The van der Waals surface area contributed by atoms with Gasteiger partial charge in [-0.3, -0.25) is 9.69 Å². The highest BCUT2D eigenvalue weighted by atomic mass is 16.5. The second kappa shape index (κ2) is 6.54. The number of aryl methyl sites for hydroxylation is 1. The predicted octanol–water partition coefficient (Wildman–Crippen LogP) is 2.80. The third-order valence-electron chi connectivity index (χ3n) is 3.34. The van der Waals surface area contributed by atoms with Crippen LogP contribution < -0.4 is 0 Å². The molecule has 112 valence electrons. The number of nitrogens with zero attached hydrogens (tertiary/aromatic N) is 2. The molecule has 0 fully saturated rings. The maximum atomic E-state index is 10.8. The normalized spacial score (nSPS) is 12.6. The lowest BCUT2D eigenvalue weighted by atomic mass is 10.1. The quantitative estimate of drug-likeness (QED) is 0.885. The molecule has 0 aliphatic carbocycles. The molecule has 21 heavy (non-hydrogen) atoms. The lowest BCUT2D eigenvalue weighted by Gasteiger charge is -2.16. The van der Waals surface area contributed by atoms with E-state index in [9.17, 15) is 4.79 Å². The summed E-state index contributed by atoms with van der Waals surface area (Å²) in [5.74, 6) is -0.472. The first-order valence-electron chi connectivity index (χ1n) is 6.89. The maximum Gasteiger partial charge on any atom is 0.307 e. The van der Waals surface area contributed by atoms with Crippen molar-refractivity contribution in [2.75, 3.05) is 13.6 Å². The molecule has 1 N–H and O–H groups in total. The first-order valence-corrected chi connectivity index (χ1v) is 6.89. The summed E-state index contributed by atoms with van der Waals surface area (Å²) >= 11 is 0. The van der Waals surface area contributed by atoms with Gasteiger partial charge in [-0.1, -0.05) is 41.9 Å². The Morgan fingerprint density at radius 3 is 2.67 bits per heavy atom. The number of carboxylic acid groups (broad SMARTS) is 1. The van der Waals surface area contributed by atoms with Gasteiger partial charge in [0.25, 0.3) is 0 Å². The molecule has 0 radical (unpaired) electrons. The standard InChI is InChI=1S/C16H20N2O3/c1-11-4-6-13(7-5-11)15-8-14(21-17-15)10-18(3)9-12(2)16(19)20/h4-8,12H,9-10H2,1-3H3,(H,19,20). The van der Waals surface area contributed by atoms with E-state index in [1.807, 2.05) is 49.2 Å². The van der Waals surface area contributed by atoms with E-state index in [-0.39, 0.29) is 0 Å². The van der Waals surface area contributed by atoms with Crippen molar-refractivity contribution in [3.63, 3.8) is 0 Å². The number of benzene rings is 1. The van der Waals surface area contributed by atoms with Crippen molar-refractivity contribution < 1.29 is 14.4 Å². The molecule has 0 aliphatic heterocycles. The summed E-state index contributed by atoms with van der Waals surface area (Å²) in [4.78, 5) is 12.8. The Hall–Kier alpha value is -2.14. The van der Waals surface area contributed by atoms with Gasteiger partial charge in [0.1, 0.15) is 5.69 Å². The van der Waals surface area contributed by atoms with Crippen molar-refractivity contribution in [2.45, 2.75) is 20.4 Å². The Balaban J connectivity index is 2.00. The van der Waals surface area contributed by atoms with E-state index in [2.05, 4.69) is 5.16 Å². The molecule has 0 spiro atoms. The van der Waals surface area contributed by atoms with E-state index in [4.69, 9.17) is 9.63 Å². The third-order valence-corrected chi connectivity index (χ3v) is 3.34. The topological polar surface area (TPSA) is 66.6 Å². The largest absolute Gasteiger partial charge is 0.481 e. The highest BCUT2D eigenvalue weighted by Crippen LogP contribution is 2.20. The number of carboxylic acids is 1. The van der Waals surface area contributed by atoms with Gasteiger partial charge < -0.3 is 9.63 Å². The van der Waals surface area contributed by atoms with E-state index in [1.165, 1.54) is 5.56 Å². The van der Waals surface area contributed by atoms with Crippen LogP contribution in [0, 0.1) is 12.8 Å². The van der Waals surface area contributed by atoms with Gasteiger partial charge in [-0.15, -0.1) is 0 Å². The Morgan fingerprint density at radius 2 is 2.05 bits per heavy atom. The van der Waals surface area contributed by atoms with Crippen LogP contribution in [0.2, 0.25) is 0 Å². The number of aliphatic carboxylic acids is 1. The first kappa shape index (κ1) is 15.3. The zero-order valence-electron chi connectivity index (χ0n) is 12.5. The van der Waals surface area contributed by atoms with E-state index in [1.54, 1.807) is 6.92 Å². The van der Waals surface area contributed by atoms with Crippen molar-refractivity contribution in [1.82, 2.24) is 10.1 Å². The number of hydrogen-bond acceptors (Lipinski definition) is 4. The predicted molar refractivity (Wildman–Crippen MR) is 79.8 cm³/mol. The number of aromatic nitrogens is 1. The molecule has 5 nitrogen and oxygen atoms in total. The number of carbonyl (C=O) groups is 1. The third kappa shape index (κ3) is 4.16. The average molecular weight is 288 g/mol. The van der Waals surface area contributed by atoms with Crippen LogP contribution in [0.3, 0.4) is 0 Å². The smallest absolute Gasteiger partial charge is 0.307 e. The molecule has 0 saturated heterocycles. The van der Waals surface area contributed by atoms with Gasteiger partial charge in [-0.2, -0.15) is 0 Å². The van der Waals surface area contributed by atoms with E-state index in [0.29, 0.717) is 13.1 Å². The Bertz CT molecular complexity index is 604. The number of rotatable bonds is 6. The lowest BCUT2D eigenvalue weighted by Crippen LogP contribution is -2.28. The zero-order valence-corrected chi connectivity index (χ0v) is 12.5. The fraction of sp³-hybridized carbons (Fsp3) is 0.375. The van der Waals surface area contributed by atoms with Gasteiger partial charge in [0.15, 0.2) is 5.76 Å². The lowest BCUT2D eigenvalue weighted by molar-refractivity contribution is -0.141. The fourth-order valence-electron chi connectivity index (χ4n) is 2.12. The van der Waals surface area contributed by atoms with Crippen molar-refractivity contribution in [1.29, 1.82) is 0 Å². The molecule has 5 heteroatoms. The summed E-state index contributed by atoms with van der Waals surface area (Å²) in [6.07, 6.45) is 0. The molecule has 0 saturated carbocycles. The number of hydrogen-bond donors (Lipinski definition) is 1. The average Bonchev–Trinajstić information content (AvgIpc) is 2.87. The summed E-state index contributed by atoms with van der Waals surface area (Å²) < 4.78 is 5.32. The van der Waals surface area contributed by atoms with Gasteiger partial charge in [-0.05, 0) is 14.0 Å². The minimum Gasteiger partial charge on any atom is -0.481 e.